The lowest BCUT2D eigenvalue weighted by molar-refractivity contribution is -0.123. The van der Waals surface area contributed by atoms with Crippen molar-refractivity contribution in [2.75, 3.05) is 112 Å². The van der Waals surface area contributed by atoms with Crippen molar-refractivity contribution in [3.63, 3.8) is 0 Å². The Morgan fingerprint density at radius 3 is 1.66 bits per heavy atom. The van der Waals surface area contributed by atoms with Crippen molar-refractivity contribution in [2.24, 2.45) is 23.3 Å². The van der Waals surface area contributed by atoms with Crippen LogP contribution >= 0.6 is 0 Å². The number of rotatable bonds is 44. The number of carbonyl (C=O) groups is 3. The van der Waals surface area contributed by atoms with Crippen LogP contribution in [0.15, 0.2) is 24.3 Å². The second-order valence-electron chi connectivity index (χ2n) is 15.3. The van der Waals surface area contributed by atoms with Crippen molar-refractivity contribution in [3.8, 4) is 0 Å². The van der Waals surface area contributed by atoms with Gasteiger partial charge >= 0.3 is 0 Å². The quantitative estimate of drug-likeness (QED) is 0.0530. The molecule has 0 spiro atoms. The summed E-state index contributed by atoms with van der Waals surface area (Å²) in [5, 5.41) is 5.79. The summed E-state index contributed by atoms with van der Waals surface area (Å²) in [4.78, 5) is 35.6. The van der Waals surface area contributed by atoms with Crippen LogP contribution < -0.4 is 22.1 Å². The first-order valence-corrected chi connectivity index (χ1v) is 22.4. The second-order valence-corrected chi connectivity index (χ2v) is 15.3. The zero-order chi connectivity index (χ0) is 42.9. The summed E-state index contributed by atoms with van der Waals surface area (Å²) in [5.74, 6) is 0.578. The largest absolute Gasteiger partial charge is 0.379 e. The van der Waals surface area contributed by atoms with Gasteiger partial charge in [-0.1, -0.05) is 51.0 Å². The summed E-state index contributed by atoms with van der Waals surface area (Å²) in [7, 11) is 0. The third kappa shape index (κ3) is 35.9. The summed E-state index contributed by atoms with van der Waals surface area (Å²) >= 11 is 0. The topological polar surface area (TPSA) is 192 Å². The van der Waals surface area contributed by atoms with Crippen LogP contribution in [0.25, 0.3) is 0 Å². The van der Waals surface area contributed by atoms with Gasteiger partial charge in [0.15, 0.2) is 0 Å². The predicted molar refractivity (Wildman–Crippen MR) is 232 cm³/mol. The molecule has 0 bridgehead atoms. The molecule has 14 nitrogen and oxygen atoms in total. The molecule has 1 aromatic rings. The summed E-state index contributed by atoms with van der Waals surface area (Å²) in [6.45, 7) is 13.5. The highest BCUT2D eigenvalue weighted by Gasteiger charge is 2.12. The molecule has 1 rings (SSSR count). The van der Waals surface area contributed by atoms with E-state index < -0.39 is 6.04 Å². The molecule has 2 atom stereocenters. The highest BCUT2D eigenvalue weighted by Crippen LogP contribution is 2.13. The van der Waals surface area contributed by atoms with E-state index in [0.717, 1.165) is 76.9 Å². The van der Waals surface area contributed by atoms with Crippen molar-refractivity contribution < 1.29 is 47.5 Å². The summed E-state index contributed by atoms with van der Waals surface area (Å²) in [6.07, 6.45) is 13.1. The van der Waals surface area contributed by atoms with Gasteiger partial charge in [-0.15, -0.1) is 0 Å². The molecule has 0 saturated carbocycles. The van der Waals surface area contributed by atoms with Crippen molar-refractivity contribution in [3.05, 3.63) is 35.4 Å². The normalized spacial score (nSPS) is 12.5. The van der Waals surface area contributed by atoms with Gasteiger partial charge in [-0.3, -0.25) is 9.59 Å². The van der Waals surface area contributed by atoms with Gasteiger partial charge < -0.3 is 60.1 Å². The van der Waals surface area contributed by atoms with Gasteiger partial charge in [0, 0.05) is 45.2 Å². The number of benzene rings is 1. The summed E-state index contributed by atoms with van der Waals surface area (Å²) in [6, 6.07) is 8.26. The van der Waals surface area contributed by atoms with Crippen LogP contribution in [0.4, 0.5) is 0 Å². The fraction of sp³-hybridized carbons (Fsp3) is 0.800. The Morgan fingerprint density at radius 1 is 0.576 bits per heavy atom. The highest BCUT2D eigenvalue weighted by molar-refractivity contribution is 5.81. The fourth-order valence-corrected chi connectivity index (χ4v) is 6.04. The van der Waals surface area contributed by atoms with Crippen LogP contribution in [0.1, 0.15) is 102 Å². The number of aryl methyl sites for hydroxylation is 1. The SMILES string of the molecule is CC(C)Cc1ccc(CCCC(=O)NCCCCC(C=O)CCOCCOCCCCCOCCOCCOCCOCCOCCNC(=O)C(N)CCCCN)cc1. The number of carbonyl (C=O) groups excluding carboxylic acids is 3. The van der Waals surface area contributed by atoms with Crippen molar-refractivity contribution >= 4 is 18.1 Å². The Balaban J connectivity index is 1.77. The van der Waals surface area contributed by atoms with E-state index in [0.29, 0.717) is 137 Å². The van der Waals surface area contributed by atoms with E-state index in [1.165, 1.54) is 11.1 Å². The predicted octanol–water partition coefficient (Wildman–Crippen LogP) is 4.56. The maximum Gasteiger partial charge on any atom is 0.236 e. The van der Waals surface area contributed by atoms with Gasteiger partial charge in [0.2, 0.25) is 11.8 Å². The van der Waals surface area contributed by atoms with Gasteiger partial charge in [0.25, 0.3) is 0 Å². The molecule has 1 aromatic carbocycles. The zero-order valence-electron chi connectivity index (χ0n) is 36.8. The van der Waals surface area contributed by atoms with Crippen LogP contribution in [0.5, 0.6) is 0 Å². The standard InChI is InChI=1S/C45H82N4O10/c1-39(2)37-41-17-15-40(16-18-41)12-10-14-44(51)48-21-7-5-11-42(38-50)19-25-55-29-27-53-23-8-3-9-24-54-28-31-57-33-35-59-36-34-58-32-30-56-26-22-49-45(52)43(47)13-4-6-20-46/h15-18,38-39,42-43H,3-14,19-37,46-47H2,1-2H3,(H,48,51)(H,49,52). The summed E-state index contributed by atoms with van der Waals surface area (Å²) < 4.78 is 38.9. The third-order valence-corrected chi connectivity index (χ3v) is 9.47. The Hall–Kier alpha value is -2.53. The van der Waals surface area contributed by atoms with E-state index in [4.69, 9.17) is 44.6 Å². The molecule has 0 aromatic heterocycles. The lowest BCUT2D eigenvalue weighted by Gasteiger charge is -2.12. The van der Waals surface area contributed by atoms with Crippen LogP contribution in [0, 0.1) is 11.8 Å². The lowest BCUT2D eigenvalue weighted by Crippen LogP contribution is -2.41. The Labute approximate surface area is 356 Å². The molecule has 2 unspecified atom stereocenters. The number of unbranched alkanes of at least 4 members (excludes halogenated alkanes) is 4. The van der Waals surface area contributed by atoms with Gasteiger partial charge in [-0.25, -0.2) is 0 Å². The first-order chi connectivity index (χ1) is 28.8. The Bertz CT molecular complexity index is 1110. The number of ether oxygens (including phenoxy) is 7. The second kappa shape index (κ2) is 40.9. The molecule has 14 heteroatoms. The average molecular weight is 839 g/mol. The minimum atomic E-state index is -0.500. The van der Waals surface area contributed by atoms with E-state index in [1.54, 1.807) is 0 Å². The first kappa shape index (κ1) is 54.5. The number of amides is 2. The summed E-state index contributed by atoms with van der Waals surface area (Å²) in [5.41, 5.74) is 13.9. The Kier molecular flexibility index (Phi) is 37.7. The Morgan fingerprint density at radius 2 is 1.10 bits per heavy atom. The zero-order valence-corrected chi connectivity index (χ0v) is 36.8. The van der Waals surface area contributed by atoms with E-state index in [-0.39, 0.29) is 17.7 Å². The molecule has 0 radical (unpaired) electrons. The lowest BCUT2D eigenvalue weighted by atomic mass is 10.00. The van der Waals surface area contributed by atoms with E-state index in [2.05, 4.69) is 48.7 Å². The van der Waals surface area contributed by atoms with E-state index >= 15 is 0 Å². The van der Waals surface area contributed by atoms with E-state index in [1.807, 2.05) is 0 Å². The molecule has 342 valence electrons. The highest BCUT2D eigenvalue weighted by atomic mass is 16.6. The monoisotopic (exact) mass is 839 g/mol. The average Bonchev–Trinajstić information content (AvgIpc) is 3.22. The van der Waals surface area contributed by atoms with Crippen LogP contribution in [0.2, 0.25) is 0 Å². The maximum absolute atomic E-state index is 12.2. The number of aldehydes is 1. The van der Waals surface area contributed by atoms with Gasteiger partial charge in [0.05, 0.1) is 78.7 Å². The molecule has 0 heterocycles. The minimum absolute atomic E-state index is 0.0148. The third-order valence-electron chi connectivity index (χ3n) is 9.47. The molecule has 6 N–H and O–H groups in total. The van der Waals surface area contributed by atoms with Crippen molar-refractivity contribution in [1.82, 2.24) is 10.6 Å². The van der Waals surface area contributed by atoms with Crippen LogP contribution in [0.3, 0.4) is 0 Å². The molecule has 59 heavy (non-hydrogen) atoms. The van der Waals surface area contributed by atoms with Crippen molar-refractivity contribution in [2.45, 2.75) is 110 Å². The molecular formula is C45H82N4O10. The van der Waals surface area contributed by atoms with Crippen molar-refractivity contribution in [1.29, 1.82) is 0 Å². The number of hydrogen-bond acceptors (Lipinski definition) is 12. The maximum atomic E-state index is 12.2. The fourth-order valence-electron chi connectivity index (χ4n) is 6.04. The van der Waals surface area contributed by atoms with Crippen LogP contribution in [-0.2, 0) is 60.4 Å². The molecule has 2 amide bonds. The van der Waals surface area contributed by atoms with Gasteiger partial charge in [-0.2, -0.15) is 0 Å². The smallest absolute Gasteiger partial charge is 0.236 e. The van der Waals surface area contributed by atoms with Gasteiger partial charge in [-0.05, 0) is 94.2 Å². The molecule has 0 aliphatic heterocycles. The molecule has 0 fully saturated rings. The molecule has 0 aliphatic rings. The van der Waals surface area contributed by atoms with Crippen LogP contribution in [-0.4, -0.2) is 136 Å². The molecule has 0 saturated heterocycles. The molecule has 0 aliphatic carbocycles. The van der Waals surface area contributed by atoms with Gasteiger partial charge in [0.1, 0.15) is 6.29 Å². The number of nitrogens with two attached hydrogens (primary N) is 2. The number of hydrogen-bond donors (Lipinski definition) is 4. The first-order valence-electron chi connectivity index (χ1n) is 22.4. The minimum Gasteiger partial charge on any atom is -0.379 e. The number of nitrogens with one attached hydrogen (secondary N) is 2. The van der Waals surface area contributed by atoms with E-state index in [9.17, 15) is 14.4 Å². The molecular weight excluding hydrogens is 757 g/mol.